The highest BCUT2D eigenvalue weighted by molar-refractivity contribution is 7.98. The number of hydrogen-bond donors (Lipinski definition) is 1. The summed E-state index contributed by atoms with van der Waals surface area (Å²) in [6, 6.07) is 19.9. The summed E-state index contributed by atoms with van der Waals surface area (Å²) in [6.07, 6.45) is 0. The molecule has 5 nitrogen and oxygen atoms in total. The maximum absolute atomic E-state index is 13.1. The summed E-state index contributed by atoms with van der Waals surface area (Å²) in [5, 5.41) is 2.62. The van der Waals surface area contributed by atoms with Gasteiger partial charge in [-0.25, -0.2) is 9.97 Å². The summed E-state index contributed by atoms with van der Waals surface area (Å²) >= 11 is 2.97. The average molecular weight is 405 g/mol. The molecule has 0 saturated heterocycles. The third-order valence-electron chi connectivity index (χ3n) is 4.49. The first-order chi connectivity index (χ1) is 13.8. The van der Waals surface area contributed by atoms with Crippen molar-refractivity contribution in [1.82, 2.24) is 19.5 Å². The molecular formula is C21H16N4OS2. The van der Waals surface area contributed by atoms with Gasteiger partial charge in [-0.15, -0.1) is 11.3 Å². The number of nitrogens with zero attached hydrogens (tertiary/aromatic N) is 3. The Bertz CT molecular complexity index is 1290. The van der Waals surface area contributed by atoms with Crippen LogP contribution in [0.5, 0.6) is 0 Å². The first-order valence-corrected chi connectivity index (χ1v) is 10.7. The smallest absolute Gasteiger partial charge is 0.272 e. The largest absolute Gasteiger partial charge is 0.341 e. The van der Waals surface area contributed by atoms with Crippen molar-refractivity contribution in [3.05, 3.63) is 87.8 Å². The van der Waals surface area contributed by atoms with Crippen molar-refractivity contribution < 1.29 is 0 Å². The van der Waals surface area contributed by atoms with E-state index in [1.807, 2.05) is 66.0 Å². The lowest BCUT2D eigenvalue weighted by Gasteiger charge is -2.11. The van der Waals surface area contributed by atoms with Gasteiger partial charge in [-0.3, -0.25) is 9.36 Å². The predicted molar refractivity (Wildman–Crippen MR) is 115 cm³/mol. The maximum Gasteiger partial charge on any atom is 0.272 e. The van der Waals surface area contributed by atoms with Crippen LogP contribution in [0.3, 0.4) is 0 Å². The highest BCUT2D eigenvalue weighted by Crippen LogP contribution is 2.24. The Labute approximate surface area is 169 Å². The van der Waals surface area contributed by atoms with Crippen molar-refractivity contribution in [3.8, 4) is 0 Å². The number of thiophene rings is 1. The van der Waals surface area contributed by atoms with Gasteiger partial charge in [0.1, 0.15) is 10.5 Å². The zero-order valence-corrected chi connectivity index (χ0v) is 16.5. The van der Waals surface area contributed by atoms with E-state index in [-0.39, 0.29) is 5.56 Å². The van der Waals surface area contributed by atoms with Crippen LogP contribution in [-0.2, 0) is 12.3 Å². The molecule has 28 heavy (non-hydrogen) atoms. The molecule has 0 spiro atoms. The molecular weight excluding hydrogens is 388 g/mol. The Morgan fingerprint density at radius 3 is 2.64 bits per heavy atom. The molecule has 2 aromatic carbocycles. The van der Waals surface area contributed by atoms with Crippen LogP contribution >= 0.6 is 23.1 Å². The molecule has 5 rings (SSSR count). The van der Waals surface area contributed by atoms with E-state index in [4.69, 9.17) is 4.98 Å². The van der Waals surface area contributed by atoms with E-state index >= 15 is 0 Å². The van der Waals surface area contributed by atoms with Gasteiger partial charge in [-0.1, -0.05) is 54.2 Å². The van der Waals surface area contributed by atoms with Gasteiger partial charge in [0.2, 0.25) is 0 Å². The van der Waals surface area contributed by atoms with Crippen LogP contribution in [0, 0.1) is 0 Å². The Balaban J connectivity index is 1.51. The second-order valence-corrected chi connectivity index (χ2v) is 8.25. The minimum Gasteiger partial charge on any atom is -0.341 e. The minimum absolute atomic E-state index is 0.0101. The highest BCUT2D eigenvalue weighted by Gasteiger charge is 2.14. The standard InChI is InChI=1S/C21H16N4OS2/c26-20-19-17(10-11-27-19)24-21(25(20)12-14-6-2-1-3-7-14)28-13-18-22-15-8-4-5-9-16(15)23-18/h1-11H,12-13H2,(H,22,23). The maximum atomic E-state index is 13.1. The number of benzene rings is 2. The lowest BCUT2D eigenvalue weighted by atomic mass is 10.2. The van der Waals surface area contributed by atoms with Crippen molar-refractivity contribution in [2.24, 2.45) is 0 Å². The Morgan fingerprint density at radius 1 is 0.964 bits per heavy atom. The number of hydrogen-bond acceptors (Lipinski definition) is 5. The lowest BCUT2D eigenvalue weighted by molar-refractivity contribution is 0.659. The van der Waals surface area contributed by atoms with E-state index in [0.717, 1.165) is 27.9 Å². The van der Waals surface area contributed by atoms with Crippen LogP contribution in [0.25, 0.3) is 21.3 Å². The van der Waals surface area contributed by atoms with Gasteiger partial charge in [-0.2, -0.15) is 0 Å². The second-order valence-electron chi connectivity index (χ2n) is 6.40. The third-order valence-corrected chi connectivity index (χ3v) is 6.37. The van der Waals surface area contributed by atoms with Crippen molar-refractivity contribution in [2.45, 2.75) is 17.5 Å². The number of fused-ring (bicyclic) bond motifs is 2. The molecule has 0 atom stereocenters. The molecule has 0 amide bonds. The SMILES string of the molecule is O=c1c2sccc2nc(SCc2nc3ccccc3[nH]2)n1Cc1ccccc1. The predicted octanol–water partition coefficient (Wildman–Crippen LogP) is 4.67. The molecule has 0 bridgehead atoms. The topological polar surface area (TPSA) is 63.6 Å². The quantitative estimate of drug-likeness (QED) is 0.341. The number of H-pyrrole nitrogens is 1. The highest BCUT2D eigenvalue weighted by atomic mass is 32.2. The molecule has 0 aliphatic rings. The van der Waals surface area contributed by atoms with E-state index < -0.39 is 0 Å². The van der Waals surface area contributed by atoms with E-state index in [9.17, 15) is 4.79 Å². The summed E-state index contributed by atoms with van der Waals surface area (Å²) in [7, 11) is 0. The number of nitrogens with one attached hydrogen (secondary N) is 1. The van der Waals surface area contributed by atoms with Crippen molar-refractivity contribution in [3.63, 3.8) is 0 Å². The van der Waals surface area contributed by atoms with E-state index in [1.165, 1.54) is 23.1 Å². The zero-order chi connectivity index (χ0) is 18.9. The lowest BCUT2D eigenvalue weighted by Crippen LogP contribution is -2.23. The molecule has 138 valence electrons. The number of para-hydroxylation sites is 2. The summed E-state index contributed by atoms with van der Waals surface area (Å²) in [4.78, 5) is 25.8. The van der Waals surface area contributed by atoms with Gasteiger partial charge in [0.15, 0.2) is 5.16 Å². The van der Waals surface area contributed by atoms with E-state index in [2.05, 4.69) is 9.97 Å². The minimum atomic E-state index is 0.0101. The third kappa shape index (κ3) is 3.23. The molecule has 3 aromatic heterocycles. The average Bonchev–Trinajstić information content (AvgIpc) is 3.36. The molecule has 7 heteroatoms. The van der Waals surface area contributed by atoms with Gasteiger partial charge < -0.3 is 4.98 Å². The Hall–Kier alpha value is -2.90. The van der Waals surface area contributed by atoms with Gasteiger partial charge >= 0.3 is 0 Å². The molecule has 3 heterocycles. The van der Waals surface area contributed by atoms with Crippen LogP contribution < -0.4 is 5.56 Å². The number of imidazole rings is 1. The number of rotatable bonds is 5. The molecule has 0 fully saturated rings. The number of aromatic amines is 1. The summed E-state index contributed by atoms with van der Waals surface area (Å²) in [5.74, 6) is 1.49. The van der Waals surface area contributed by atoms with Gasteiger partial charge in [-0.05, 0) is 29.1 Å². The fourth-order valence-corrected chi connectivity index (χ4v) is 4.79. The van der Waals surface area contributed by atoms with Crippen molar-refractivity contribution in [1.29, 1.82) is 0 Å². The Kier molecular flexibility index (Phi) is 4.46. The molecule has 5 aromatic rings. The first-order valence-electron chi connectivity index (χ1n) is 8.86. The summed E-state index contributed by atoms with van der Waals surface area (Å²) in [5.41, 5.74) is 3.80. The van der Waals surface area contributed by atoms with Gasteiger partial charge in [0.25, 0.3) is 5.56 Å². The molecule has 1 N–H and O–H groups in total. The summed E-state index contributed by atoms with van der Waals surface area (Å²) < 4.78 is 2.46. The van der Waals surface area contributed by atoms with Gasteiger partial charge in [0.05, 0.1) is 28.8 Å². The fourth-order valence-electron chi connectivity index (χ4n) is 3.15. The van der Waals surface area contributed by atoms with E-state index in [1.54, 1.807) is 4.57 Å². The molecule has 0 radical (unpaired) electrons. The monoisotopic (exact) mass is 404 g/mol. The first kappa shape index (κ1) is 17.2. The molecule has 0 saturated carbocycles. The molecule has 0 unspecified atom stereocenters. The van der Waals surface area contributed by atoms with Gasteiger partial charge in [0, 0.05) is 0 Å². The van der Waals surface area contributed by atoms with Crippen LogP contribution in [0.2, 0.25) is 0 Å². The van der Waals surface area contributed by atoms with Crippen LogP contribution in [-0.4, -0.2) is 19.5 Å². The van der Waals surface area contributed by atoms with Crippen molar-refractivity contribution in [2.75, 3.05) is 0 Å². The van der Waals surface area contributed by atoms with E-state index in [0.29, 0.717) is 22.2 Å². The number of thioether (sulfide) groups is 1. The second kappa shape index (κ2) is 7.26. The molecule has 0 aliphatic heterocycles. The molecule has 0 aliphatic carbocycles. The number of aromatic nitrogens is 4. The van der Waals surface area contributed by atoms with Crippen LogP contribution in [0.15, 0.2) is 76.0 Å². The normalized spacial score (nSPS) is 11.4. The summed E-state index contributed by atoms with van der Waals surface area (Å²) in [6.45, 7) is 0.503. The fraction of sp³-hybridized carbons (Fsp3) is 0.0952. The van der Waals surface area contributed by atoms with Crippen LogP contribution in [0.4, 0.5) is 0 Å². The Morgan fingerprint density at radius 2 is 1.79 bits per heavy atom. The van der Waals surface area contributed by atoms with Crippen molar-refractivity contribution >= 4 is 44.3 Å². The van der Waals surface area contributed by atoms with Crippen LogP contribution in [0.1, 0.15) is 11.4 Å². The zero-order valence-electron chi connectivity index (χ0n) is 14.8.